The lowest BCUT2D eigenvalue weighted by atomic mass is 10.2. The molecule has 0 unspecified atom stereocenters. The monoisotopic (exact) mass is 269 g/mol. The first-order valence-corrected chi connectivity index (χ1v) is 7.11. The summed E-state index contributed by atoms with van der Waals surface area (Å²) in [5.41, 5.74) is 1.12. The van der Waals surface area contributed by atoms with Gasteiger partial charge in [0.25, 0.3) is 0 Å². The molecule has 0 saturated carbocycles. The van der Waals surface area contributed by atoms with Crippen molar-refractivity contribution in [2.45, 2.75) is 45.7 Å². The summed E-state index contributed by atoms with van der Waals surface area (Å²) in [5.74, 6) is 1.46. The molecule has 0 atom stereocenters. The molecule has 0 heterocycles. The Kier molecular flexibility index (Phi) is 6.51. The summed E-state index contributed by atoms with van der Waals surface area (Å²) in [7, 11) is 0. The second-order valence-electron chi connectivity index (χ2n) is 5.05. The minimum Gasteiger partial charge on any atom is -0.492 e. The number of ether oxygens (including phenoxy) is 1. The third-order valence-corrected chi connectivity index (χ3v) is 3.33. The van der Waals surface area contributed by atoms with Gasteiger partial charge in [-0.3, -0.25) is 4.90 Å². The number of alkyl halides is 1. The summed E-state index contributed by atoms with van der Waals surface area (Å²) in [6, 6.07) is 9.06. The molecule has 1 aromatic carbocycles. The van der Waals surface area contributed by atoms with E-state index in [0.29, 0.717) is 18.0 Å². The lowest BCUT2D eigenvalue weighted by molar-refractivity contribution is 0.142. The molecule has 1 rings (SSSR count). The van der Waals surface area contributed by atoms with Crippen LogP contribution in [0.1, 0.15) is 33.3 Å². The van der Waals surface area contributed by atoms with Gasteiger partial charge in [-0.05, 0) is 45.4 Å². The van der Waals surface area contributed by atoms with Crippen molar-refractivity contribution in [2.75, 3.05) is 13.2 Å². The summed E-state index contributed by atoms with van der Waals surface area (Å²) < 4.78 is 5.75. The largest absolute Gasteiger partial charge is 0.492 e. The molecular formula is C15H24ClNO. The van der Waals surface area contributed by atoms with Crippen molar-refractivity contribution in [3.63, 3.8) is 0 Å². The smallest absolute Gasteiger partial charge is 0.119 e. The topological polar surface area (TPSA) is 12.5 Å². The maximum absolute atomic E-state index is 5.75. The third-order valence-electron chi connectivity index (χ3n) is 3.02. The molecule has 0 spiro atoms. The molecule has 2 nitrogen and oxygen atoms in total. The first-order chi connectivity index (χ1) is 8.54. The number of benzene rings is 1. The van der Waals surface area contributed by atoms with Crippen LogP contribution in [0.4, 0.5) is 0 Å². The molecule has 0 aliphatic carbocycles. The SMILES string of the molecule is CC(C)N(CCOc1ccc(CCl)cc1)C(C)C. The van der Waals surface area contributed by atoms with E-state index >= 15 is 0 Å². The Morgan fingerprint density at radius 3 is 2.06 bits per heavy atom. The van der Waals surface area contributed by atoms with Crippen LogP contribution in [0.25, 0.3) is 0 Å². The molecule has 1 aromatic rings. The molecule has 102 valence electrons. The van der Waals surface area contributed by atoms with Crippen molar-refractivity contribution in [1.29, 1.82) is 0 Å². The summed E-state index contributed by atoms with van der Waals surface area (Å²) in [6.07, 6.45) is 0. The molecule has 0 radical (unpaired) electrons. The maximum atomic E-state index is 5.75. The first-order valence-electron chi connectivity index (χ1n) is 6.58. The van der Waals surface area contributed by atoms with Crippen LogP contribution in [0.15, 0.2) is 24.3 Å². The molecule has 0 fully saturated rings. The average Bonchev–Trinajstić information content (AvgIpc) is 2.34. The van der Waals surface area contributed by atoms with Gasteiger partial charge in [0.15, 0.2) is 0 Å². The lowest BCUT2D eigenvalue weighted by Crippen LogP contribution is -2.39. The fraction of sp³-hybridized carbons (Fsp3) is 0.600. The normalized spacial score (nSPS) is 11.6. The number of halogens is 1. The Labute approximate surface area is 116 Å². The first kappa shape index (κ1) is 15.3. The van der Waals surface area contributed by atoms with Gasteiger partial charge < -0.3 is 4.74 Å². The molecule has 0 aliphatic heterocycles. The third kappa shape index (κ3) is 4.87. The van der Waals surface area contributed by atoms with Crippen molar-refractivity contribution < 1.29 is 4.74 Å². The highest BCUT2D eigenvalue weighted by atomic mass is 35.5. The molecule has 0 aromatic heterocycles. The summed E-state index contributed by atoms with van der Waals surface area (Å²) in [4.78, 5) is 2.42. The van der Waals surface area contributed by atoms with E-state index in [9.17, 15) is 0 Å². The van der Waals surface area contributed by atoms with E-state index in [4.69, 9.17) is 16.3 Å². The van der Waals surface area contributed by atoms with Crippen LogP contribution >= 0.6 is 11.6 Å². The lowest BCUT2D eigenvalue weighted by Gasteiger charge is -2.30. The zero-order chi connectivity index (χ0) is 13.5. The Hall–Kier alpha value is -0.730. The summed E-state index contributed by atoms with van der Waals surface area (Å²) in [6.45, 7) is 10.5. The van der Waals surface area contributed by atoms with E-state index < -0.39 is 0 Å². The van der Waals surface area contributed by atoms with Crippen LogP contribution < -0.4 is 4.74 Å². The summed E-state index contributed by atoms with van der Waals surface area (Å²) in [5, 5.41) is 0. The quantitative estimate of drug-likeness (QED) is 0.696. The van der Waals surface area contributed by atoms with Crippen molar-refractivity contribution >= 4 is 11.6 Å². The van der Waals surface area contributed by atoms with E-state index in [1.165, 1.54) is 0 Å². The van der Waals surface area contributed by atoms with Gasteiger partial charge >= 0.3 is 0 Å². The van der Waals surface area contributed by atoms with Crippen molar-refractivity contribution in [1.82, 2.24) is 4.90 Å². The van der Waals surface area contributed by atoms with E-state index in [0.717, 1.165) is 24.5 Å². The zero-order valence-corrected chi connectivity index (χ0v) is 12.6. The Balaban J connectivity index is 2.40. The number of hydrogen-bond acceptors (Lipinski definition) is 2. The molecule has 0 saturated heterocycles. The molecule has 18 heavy (non-hydrogen) atoms. The van der Waals surface area contributed by atoms with Crippen LogP contribution in [0.5, 0.6) is 5.75 Å². The molecule has 0 aliphatic rings. The van der Waals surface area contributed by atoms with Crippen molar-refractivity contribution in [2.24, 2.45) is 0 Å². The van der Waals surface area contributed by atoms with Crippen molar-refractivity contribution in [3.8, 4) is 5.75 Å². The van der Waals surface area contributed by atoms with Crippen molar-refractivity contribution in [3.05, 3.63) is 29.8 Å². The van der Waals surface area contributed by atoms with Gasteiger partial charge in [0.05, 0.1) is 0 Å². The molecule has 3 heteroatoms. The van der Waals surface area contributed by atoms with Gasteiger partial charge in [0.1, 0.15) is 12.4 Å². The molecular weight excluding hydrogens is 246 g/mol. The molecule has 0 amide bonds. The second-order valence-corrected chi connectivity index (χ2v) is 5.32. The van der Waals surface area contributed by atoms with Gasteiger partial charge in [-0.25, -0.2) is 0 Å². The Morgan fingerprint density at radius 1 is 1.06 bits per heavy atom. The van der Waals surface area contributed by atoms with E-state index in [-0.39, 0.29) is 0 Å². The van der Waals surface area contributed by atoms with Crippen LogP contribution in [0.2, 0.25) is 0 Å². The fourth-order valence-electron chi connectivity index (χ4n) is 2.06. The van der Waals surface area contributed by atoms with Crippen LogP contribution in [0.3, 0.4) is 0 Å². The van der Waals surface area contributed by atoms with Gasteiger partial charge in [0.2, 0.25) is 0 Å². The highest BCUT2D eigenvalue weighted by Gasteiger charge is 2.12. The minimum absolute atomic E-state index is 0.548. The van der Waals surface area contributed by atoms with Gasteiger partial charge in [-0.15, -0.1) is 11.6 Å². The minimum atomic E-state index is 0.548. The number of hydrogen-bond donors (Lipinski definition) is 0. The number of rotatable bonds is 7. The Morgan fingerprint density at radius 2 is 1.61 bits per heavy atom. The maximum Gasteiger partial charge on any atom is 0.119 e. The van der Waals surface area contributed by atoms with Crippen LogP contribution in [-0.2, 0) is 5.88 Å². The highest BCUT2D eigenvalue weighted by Crippen LogP contribution is 2.14. The average molecular weight is 270 g/mol. The van der Waals surface area contributed by atoms with Crippen LogP contribution in [0, 0.1) is 0 Å². The number of nitrogens with zero attached hydrogens (tertiary/aromatic N) is 1. The standard InChI is InChI=1S/C15H24ClNO/c1-12(2)17(13(3)4)9-10-18-15-7-5-14(11-16)6-8-15/h5-8,12-13H,9-11H2,1-4H3. The van der Waals surface area contributed by atoms with E-state index in [1.807, 2.05) is 24.3 Å². The molecule has 0 N–H and O–H groups in total. The zero-order valence-electron chi connectivity index (χ0n) is 11.8. The predicted molar refractivity (Wildman–Crippen MR) is 78.5 cm³/mol. The Bertz CT molecular complexity index is 327. The summed E-state index contributed by atoms with van der Waals surface area (Å²) >= 11 is 5.75. The predicted octanol–water partition coefficient (Wildman–Crippen LogP) is 3.92. The van der Waals surface area contributed by atoms with E-state index in [1.54, 1.807) is 0 Å². The molecule has 0 bridgehead atoms. The highest BCUT2D eigenvalue weighted by molar-refractivity contribution is 6.17. The van der Waals surface area contributed by atoms with E-state index in [2.05, 4.69) is 32.6 Å². The van der Waals surface area contributed by atoms with Gasteiger partial charge in [-0.1, -0.05) is 12.1 Å². The van der Waals surface area contributed by atoms with Gasteiger partial charge in [-0.2, -0.15) is 0 Å². The van der Waals surface area contributed by atoms with Crippen LogP contribution in [-0.4, -0.2) is 30.1 Å². The second kappa shape index (κ2) is 7.65. The van der Waals surface area contributed by atoms with Gasteiger partial charge in [0, 0.05) is 24.5 Å². The fourth-order valence-corrected chi connectivity index (χ4v) is 2.23.